The van der Waals surface area contributed by atoms with Crippen molar-refractivity contribution >= 4 is 6.16 Å². The second-order valence-electron chi connectivity index (χ2n) is 1.11. The van der Waals surface area contributed by atoms with Gasteiger partial charge >= 0.3 is 6.16 Å². The minimum Gasteiger partial charge on any atom is -0.450 e. The van der Waals surface area contributed by atoms with Crippen molar-refractivity contribution in [2.75, 3.05) is 6.61 Å². The van der Waals surface area contributed by atoms with E-state index in [-0.39, 0.29) is 29.2 Å². The van der Waals surface area contributed by atoms with Crippen LogP contribution in [0.4, 0.5) is 4.79 Å². The van der Waals surface area contributed by atoms with E-state index in [0.717, 1.165) is 6.42 Å². The predicted molar refractivity (Wildman–Crippen MR) is 24.3 cm³/mol. The zero-order chi connectivity index (χ0) is 5.70. The van der Waals surface area contributed by atoms with Crippen LogP contribution in [-0.2, 0) is 4.74 Å². The SMILES string of the molecule is CCCOC(=O)O.[Pu]. The monoisotopic (exact) mass is 342 g/mol. The van der Waals surface area contributed by atoms with Crippen LogP contribution in [0.2, 0.25) is 0 Å². The second-order valence-corrected chi connectivity index (χ2v) is 1.11. The van der Waals surface area contributed by atoms with Crippen LogP contribution in [0, 0.1) is 29.2 Å². The Labute approximate surface area is 70.0 Å². The maximum atomic E-state index is 9.54. The Bertz CT molecular complexity index is 64.3. The van der Waals surface area contributed by atoms with Crippen molar-refractivity contribution in [3.8, 4) is 0 Å². The maximum absolute atomic E-state index is 9.54. The number of carbonyl (C=O) groups is 1. The number of rotatable bonds is 2. The predicted octanol–water partition coefficient (Wildman–Crippen LogP) is 1.09. The van der Waals surface area contributed by atoms with E-state index in [9.17, 15) is 4.79 Å². The van der Waals surface area contributed by atoms with Gasteiger partial charge in [-0.15, -0.1) is 0 Å². The smallest absolute Gasteiger partial charge is 0.450 e. The summed E-state index contributed by atoms with van der Waals surface area (Å²) in [5.41, 5.74) is 0. The summed E-state index contributed by atoms with van der Waals surface area (Å²) in [7, 11) is 0. The Morgan fingerprint density at radius 2 is 2.25 bits per heavy atom. The molecule has 4 heteroatoms. The molecule has 0 aromatic carbocycles. The molecule has 0 saturated heterocycles. The molecule has 0 heterocycles. The van der Waals surface area contributed by atoms with Crippen molar-refractivity contribution in [2.45, 2.75) is 13.3 Å². The van der Waals surface area contributed by atoms with Crippen molar-refractivity contribution in [1.82, 2.24) is 0 Å². The molecule has 0 aromatic rings. The fraction of sp³-hybridized carbons (Fsp3) is 0.750. The van der Waals surface area contributed by atoms with Gasteiger partial charge in [0.15, 0.2) is 0 Å². The largest absolute Gasteiger partial charge is 0.505 e. The molecule has 0 fully saturated rings. The van der Waals surface area contributed by atoms with Crippen molar-refractivity contribution in [3.05, 3.63) is 0 Å². The van der Waals surface area contributed by atoms with E-state index in [2.05, 4.69) is 4.74 Å². The zero-order valence-electron chi connectivity index (χ0n) is 4.59. The van der Waals surface area contributed by atoms with Crippen LogP contribution in [-0.4, -0.2) is 17.9 Å². The molecule has 48 valence electrons. The van der Waals surface area contributed by atoms with Crippen molar-refractivity contribution in [2.24, 2.45) is 0 Å². The minimum atomic E-state index is -1.19. The third kappa shape index (κ3) is 9.54. The molecule has 0 spiro atoms. The summed E-state index contributed by atoms with van der Waals surface area (Å²) in [5, 5.41) is 7.82. The molecule has 0 aliphatic heterocycles. The van der Waals surface area contributed by atoms with Gasteiger partial charge in [-0.1, -0.05) is 6.92 Å². The average Bonchev–Trinajstić information content (AvgIpc) is 1.61. The number of carboxylic acid groups (broad SMARTS) is 1. The van der Waals surface area contributed by atoms with Crippen LogP contribution < -0.4 is 0 Å². The molecule has 0 rings (SSSR count). The molecule has 3 nitrogen and oxygen atoms in total. The van der Waals surface area contributed by atoms with Gasteiger partial charge in [-0.25, -0.2) is 4.79 Å². The fourth-order valence-corrected chi connectivity index (χ4v) is 0.189. The Hall–Kier alpha value is 0.257. The number of ether oxygens (including phenoxy) is 1. The average molecular weight is 348 g/mol. The van der Waals surface area contributed by atoms with Crippen LogP contribution in [0.25, 0.3) is 0 Å². The quantitative estimate of drug-likeness (QED) is 0.760. The molecular formula is C4H8O3Pu. The van der Waals surface area contributed by atoms with Gasteiger partial charge in [-0.3, -0.25) is 0 Å². The summed E-state index contributed by atoms with van der Waals surface area (Å²) in [6, 6.07) is 0. The van der Waals surface area contributed by atoms with E-state index in [1.807, 2.05) is 6.92 Å². The van der Waals surface area contributed by atoms with E-state index >= 15 is 0 Å². The van der Waals surface area contributed by atoms with Gasteiger partial charge in [0.05, 0.1) is 6.61 Å². The molecule has 0 atom stereocenters. The maximum Gasteiger partial charge on any atom is 0.505 e. The van der Waals surface area contributed by atoms with Gasteiger partial charge in [0.1, 0.15) is 0 Å². The Kier molecular flexibility index (Phi) is 10.1. The molecular weight excluding hydrogens is 340 g/mol. The molecule has 0 aliphatic carbocycles. The van der Waals surface area contributed by atoms with Crippen molar-refractivity contribution in [3.63, 3.8) is 0 Å². The van der Waals surface area contributed by atoms with Gasteiger partial charge in [0.25, 0.3) is 0 Å². The minimum absolute atomic E-state index is 0. The third-order valence-electron chi connectivity index (χ3n) is 0.430. The summed E-state index contributed by atoms with van der Waals surface area (Å²) >= 11 is 0. The summed E-state index contributed by atoms with van der Waals surface area (Å²) in [4.78, 5) is 9.54. The third-order valence-corrected chi connectivity index (χ3v) is 0.430. The first-order chi connectivity index (χ1) is 3.27. The zero-order valence-corrected chi connectivity index (χ0v) is 7.99. The Morgan fingerprint density at radius 1 is 1.75 bits per heavy atom. The first kappa shape index (κ1) is 11.1. The molecule has 0 saturated carbocycles. The Morgan fingerprint density at radius 3 is 2.38 bits per heavy atom. The topological polar surface area (TPSA) is 46.5 Å². The second kappa shape index (κ2) is 7.26. The normalized spacial score (nSPS) is 7.12. The van der Waals surface area contributed by atoms with Gasteiger partial charge < -0.3 is 9.84 Å². The summed E-state index contributed by atoms with van der Waals surface area (Å²) in [6.45, 7) is 2.15. The molecule has 0 radical (unpaired) electrons. The van der Waals surface area contributed by atoms with Crippen LogP contribution in [0.1, 0.15) is 13.3 Å². The molecule has 0 amide bonds. The van der Waals surface area contributed by atoms with Gasteiger partial charge in [0, 0.05) is 29.2 Å². The summed E-state index contributed by atoms with van der Waals surface area (Å²) in [5.74, 6) is 0. The first-order valence-corrected chi connectivity index (χ1v) is 2.13. The van der Waals surface area contributed by atoms with Crippen LogP contribution in [0.3, 0.4) is 0 Å². The molecule has 8 heavy (non-hydrogen) atoms. The van der Waals surface area contributed by atoms with Crippen molar-refractivity contribution < 1.29 is 43.8 Å². The molecule has 0 bridgehead atoms. The molecule has 0 aliphatic rings. The van der Waals surface area contributed by atoms with E-state index in [1.54, 1.807) is 0 Å². The fourth-order valence-electron chi connectivity index (χ4n) is 0.189. The first-order valence-electron chi connectivity index (χ1n) is 2.13. The number of hydrogen-bond acceptors (Lipinski definition) is 2. The van der Waals surface area contributed by atoms with E-state index < -0.39 is 6.16 Å². The van der Waals surface area contributed by atoms with Crippen molar-refractivity contribution in [1.29, 1.82) is 0 Å². The van der Waals surface area contributed by atoms with Crippen LogP contribution >= 0.6 is 0 Å². The van der Waals surface area contributed by atoms with Crippen LogP contribution in [0.15, 0.2) is 0 Å². The molecule has 0 unspecified atom stereocenters. The van der Waals surface area contributed by atoms with E-state index in [0.29, 0.717) is 6.61 Å². The van der Waals surface area contributed by atoms with Gasteiger partial charge in [-0.05, 0) is 6.42 Å². The van der Waals surface area contributed by atoms with E-state index in [1.165, 1.54) is 0 Å². The van der Waals surface area contributed by atoms with Gasteiger partial charge in [-0.2, -0.15) is 0 Å². The van der Waals surface area contributed by atoms with Crippen LogP contribution in [0.5, 0.6) is 0 Å². The van der Waals surface area contributed by atoms with E-state index in [4.69, 9.17) is 5.11 Å². The van der Waals surface area contributed by atoms with Gasteiger partial charge in [0.2, 0.25) is 0 Å². The number of hydrogen-bond donors (Lipinski definition) is 1. The Balaban J connectivity index is 0. The molecule has 0 aromatic heterocycles. The summed E-state index contributed by atoms with van der Waals surface area (Å²) < 4.78 is 4.11. The summed E-state index contributed by atoms with van der Waals surface area (Å²) in [6.07, 6.45) is -0.450. The standard InChI is InChI=1S/C4H8O3.Pu/c1-2-3-7-4(5)6;/h2-3H2,1H3,(H,5,6);. The molecule has 1 N–H and O–H groups in total.